The summed E-state index contributed by atoms with van der Waals surface area (Å²) >= 11 is 0. The molecule has 1 heterocycles. The van der Waals surface area contributed by atoms with Crippen LogP contribution < -0.4 is 10.1 Å². The van der Waals surface area contributed by atoms with Gasteiger partial charge in [-0.3, -0.25) is 9.59 Å². The van der Waals surface area contributed by atoms with Gasteiger partial charge >= 0.3 is 0 Å². The molecule has 0 spiro atoms. The Kier molecular flexibility index (Phi) is 5.31. The molecule has 0 saturated carbocycles. The summed E-state index contributed by atoms with van der Waals surface area (Å²) < 4.78 is 6.14. The van der Waals surface area contributed by atoms with Gasteiger partial charge in [0.15, 0.2) is 11.6 Å². The Morgan fingerprint density at radius 1 is 0.765 bits per heavy atom. The van der Waals surface area contributed by atoms with Crippen LogP contribution in [0.1, 0.15) is 70.4 Å². The first-order chi connectivity index (χ1) is 16.0. The molecule has 0 bridgehead atoms. The summed E-state index contributed by atoms with van der Waals surface area (Å²) in [5.41, 5.74) is 5.41. The standard InChI is InChI=1S/C30H33NO3/c1-18-9-11-20(12-10-18)34-21-8-6-7-19(13-21)26-27-22(14-29(2,3)16-24(27)32)31-23-15-30(4,5)17-25(33)28(23)26/h6-13,26,31H,14-17H2,1-5H3. The lowest BCUT2D eigenvalue weighted by molar-refractivity contribution is -0.119. The number of nitrogens with one attached hydrogen (secondary N) is 1. The van der Waals surface area contributed by atoms with Crippen molar-refractivity contribution in [1.82, 2.24) is 5.32 Å². The number of Topliss-reactive ketones (excluding diaryl/α,β-unsaturated/α-hetero) is 2. The van der Waals surface area contributed by atoms with E-state index in [4.69, 9.17) is 4.74 Å². The van der Waals surface area contributed by atoms with Gasteiger partial charge in [0.1, 0.15) is 11.5 Å². The van der Waals surface area contributed by atoms with E-state index in [1.807, 2.05) is 55.5 Å². The number of allylic oxidation sites excluding steroid dienone is 4. The largest absolute Gasteiger partial charge is 0.457 e. The Morgan fingerprint density at radius 2 is 1.32 bits per heavy atom. The fraction of sp³-hybridized carbons (Fsp3) is 0.400. The van der Waals surface area contributed by atoms with E-state index in [1.54, 1.807) is 0 Å². The molecule has 176 valence electrons. The highest BCUT2D eigenvalue weighted by Crippen LogP contribution is 2.51. The van der Waals surface area contributed by atoms with Crippen molar-refractivity contribution in [1.29, 1.82) is 0 Å². The minimum atomic E-state index is -0.347. The molecule has 4 heteroatoms. The molecule has 0 atom stereocenters. The van der Waals surface area contributed by atoms with E-state index in [0.29, 0.717) is 18.6 Å². The van der Waals surface area contributed by atoms with Crippen molar-refractivity contribution in [2.24, 2.45) is 10.8 Å². The van der Waals surface area contributed by atoms with Crippen molar-refractivity contribution in [2.45, 2.75) is 66.2 Å². The van der Waals surface area contributed by atoms with E-state index in [0.717, 1.165) is 46.7 Å². The van der Waals surface area contributed by atoms with Gasteiger partial charge in [0.05, 0.1) is 0 Å². The van der Waals surface area contributed by atoms with E-state index < -0.39 is 0 Å². The third kappa shape index (κ3) is 4.22. The van der Waals surface area contributed by atoms with Crippen LogP contribution in [0.3, 0.4) is 0 Å². The van der Waals surface area contributed by atoms with Crippen LogP contribution >= 0.6 is 0 Å². The number of hydrogen-bond donors (Lipinski definition) is 1. The van der Waals surface area contributed by atoms with Crippen LogP contribution in [0.15, 0.2) is 71.1 Å². The van der Waals surface area contributed by atoms with Crippen molar-refractivity contribution in [2.75, 3.05) is 0 Å². The average molecular weight is 456 g/mol. The Morgan fingerprint density at radius 3 is 1.88 bits per heavy atom. The quantitative estimate of drug-likeness (QED) is 0.555. The molecule has 2 aromatic carbocycles. The smallest absolute Gasteiger partial charge is 0.162 e. The van der Waals surface area contributed by atoms with Crippen LogP contribution in [-0.4, -0.2) is 11.6 Å². The second-order valence-electron chi connectivity index (χ2n) is 11.7. The van der Waals surface area contributed by atoms with Crippen LogP contribution in [0.4, 0.5) is 0 Å². The number of ether oxygens (including phenoxy) is 1. The summed E-state index contributed by atoms with van der Waals surface area (Å²) in [7, 11) is 0. The summed E-state index contributed by atoms with van der Waals surface area (Å²) in [6.45, 7) is 10.6. The van der Waals surface area contributed by atoms with E-state index >= 15 is 0 Å². The first-order valence-electron chi connectivity index (χ1n) is 12.2. The summed E-state index contributed by atoms with van der Waals surface area (Å²) in [5.74, 6) is 1.39. The van der Waals surface area contributed by atoms with Crippen molar-refractivity contribution in [3.63, 3.8) is 0 Å². The van der Waals surface area contributed by atoms with E-state index in [-0.39, 0.29) is 28.3 Å². The Labute approximate surface area is 202 Å². The first kappa shape index (κ1) is 22.6. The van der Waals surface area contributed by atoms with Crippen molar-refractivity contribution < 1.29 is 14.3 Å². The van der Waals surface area contributed by atoms with Gasteiger partial charge in [-0.05, 0) is 60.4 Å². The molecule has 0 aromatic heterocycles. The third-order valence-electron chi connectivity index (χ3n) is 7.17. The number of hydrogen-bond acceptors (Lipinski definition) is 4. The van der Waals surface area contributed by atoms with Gasteiger partial charge in [0, 0.05) is 41.3 Å². The van der Waals surface area contributed by atoms with Gasteiger partial charge in [-0.1, -0.05) is 57.5 Å². The zero-order chi connectivity index (χ0) is 24.3. The molecule has 34 heavy (non-hydrogen) atoms. The second kappa shape index (κ2) is 7.97. The monoisotopic (exact) mass is 455 g/mol. The van der Waals surface area contributed by atoms with Crippen molar-refractivity contribution in [3.8, 4) is 11.5 Å². The molecule has 2 aromatic rings. The minimum absolute atomic E-state index is 0.101. The maximum atomic E-state index is 13.5. The Hall–Kier alpha value is -3.14. The summed E-state index contributed by atoms with van der Waals surface area (Å²) in [6, 6.07) is 15.8. The topological polar surface area (TPSA) is 55.4 Å². The SMILES string of the molecule is Cc1ccc(Oc2cccc(C3C4=C(CC(C)(C)CC4=O)NC4=C3C(=O)CC(C)(C)C4)c2)cc1. The zero-order valence-electron chi connectivity index (χ0n) is 20.7. The number of benzene rings is 2. The van der Waals surface area contributed by atoms with Crippen LogP contribution in [0.25, 0.3) is 0 Å². The molecule has 0 unspecified atom stereocenters. The van der Waals surface area contributed by atoms with Crippen LogP contribution in [0, 0.1) is 17.8 Å². The fourth-order valence-electron chi connectivity index (χ4n) is 5.72. The minimum Gasteiger partial charge on any atom is -0.457 e. The predicted octanol–water partition coefficient (Wildman–Crippen LogP) is 6.76. The second-order valence-corrected chi connectivity index (χ2v) is 11.7. The molecule has 0 radical (unpaired) electrons. The number of aryl methyl sites for hydroxylation is 1. The molecular formula is C30H33NO3. The summed E-state index contributed by atoms with van der Waals surface area (Å²) in [4.78, 5) is 27.0. The molecule has 1 aliphatic heterocycles. The van der Waals surface area contributed by atoms with Gasteiger partial charge in [-0.2, -0.15) is 0 Å². The van der Waals surface area contributed by atoms with E-state index in [1.165, 1.54) is 5.56 Å². The zero-order valence-corrected chi connectivity index (χ0v) is 20.7. The molecule has 0 amide bonds. The number of rotatable bonds is 3. The highest BCUT2D eigenvalue weighted by atomic mass is 16.5. The van der Waals surface area contributed by atoms with E-state index in [9.17, 15) is 9.59 Å². The summed E-state index contributed by atoms with van der Waals surface area (Å²) in [6.07, 6.45) is 2.59. The fourth-order valence-corrected chi connectivity index (χ4v) is 5.72. The lowest BCUT2D eigenvalue weighted by atomic mass is 9.64. The number of carbonyl (C=O) groups excluding carboxylic acids is 2. The lowest BCUT2D eigenvalue weighted by Gasteiger charge is -2.44. The van der Waals surface area contributed by atoms with Gasteiger partial charge in [-0.25, -0.2) is 0 Å². The third-order valence-corrected chi connectivity index (χ3v) is 7.17. The van der Waals surface area contributed by atoms with Crippen molar-refractivity contribution >= 4 is 11.6 Å². The van der Waals surface area contributed by atoms with Crippen molar-refractivity contribution in [3.05, 3.63) is 82.2 Å². The Bertz CT molecular complexity index is 1190. The Balaban J connectivity index is 1.61. The maximum absolute atomic E-state index is 13.5. The van der Waals surface area contributed by atoms with Gasteiger partial charge in [0.2, 0.25) is 0 Å². The molecule has 2 aliphatic carbocycles. The number of carbonyl (C=O) groups is 2. The highest BCUT2D eigenvalue weighted by Gasteiger charge is 2.46. The summed E-state index contributed by atoms with van der Waals surface area (Å²) in [5, 5.41) is 3.58. The number of dihydropyridines is 1. The molecule has 0 saturated heterocycles. The predicted molar refractivity (Wildman–Crippen MR) is 134 cm³/mol. The maximum Gasteiger partial charge on any atom is 0.162 e. The van der Waals surface area contributed by atoms with Crippen LogP contribution in [0.2, 0.25) is 0 Å². The number of ketones is 2. The van der Waals surface area contributed by atoms with Crippen LogP contribution in [-0.2, 0) is 9.59 Å². The van der Waals surface area contributed by atoms with Gasteiger partial charge in [0.25, 0.3) is 0 Å². The molecule has 3 aliphatic rings. The van der Waals surface area contributed by atoms with Crippen LogP contribution in [0.5, 0.6) is 11.5 Å². The van der Waals surface area contributed by atoms with Gasteiger partial charge in [-0.15, -0.1) is 0 Å². The van der Waals surface area contributed by atoms with Gasteiger partial charge < -0.3 is 10.1 Å². The normalized spacial score (nSPS) is 21.7. The average Bonchev–Trinajstić information content (AvgIpc) is 2.72. The molecular weight excluding hydrogens is 422 g/mol. The highest BCUT2D eigenvalue weighted by molar-refractivity contribution is 6.06. The first-order valence-corrected chi connectivity index (χ1v) is 12.2. The lowest BCUT2D eigenvalue weighted by Crippen LogP contribution is -2.42. The van der Waals surface area contributed by atoms with E-state index in [2.05, 4.69) is 33.0 Å². The molecule has 0 fully saturated rings. The molecule has 1 N–H and O–H groups in total. The molecule has 4 nitrogen and oxygen atoms in total. The molecule has 5 rings (SSSR count).